The highest BCUT2D eigenvalue weighted by Crippen LogP contribution is 2.33. The predicted molar refractivity (Wildman–Crippen MR) is 126 cm³/mol. The number of carbonyl (C=O) groups is 1. The number of anilines is 1. The summed E-state index contributed by atoms with van der Waals surface area (Å²) in [5.41, 5.74) is 4.72. The Morgan fingerprint density at radius 1 is 1.07 bits per heavy atom. The van der Waals surface area contributed by atoms with E-state index in [-0.39, 0.29) is 5.91 Å². The molecule has 2 aromatic carbocycles. The van der Waals surface area contributed by atoms with Crippen molar-refractivity contribution in [3.63, 3.8) is 0 Å². The molecule has 6 heteroatoms. The van der Waals surface area contributed by atoms with Crippen LogP contribution in [0.15, 0.2) is 48.5 Å². The second kappa shape index (κ2) is 9.41. The number of benzene rings is 2. The molecule has 0 saturated carbocycles. The molecule has 0 unspecified atom stereocenters. The summed E-state index contributed by atoms with van der Waals surface area (Å²) in [5.74, 6) is -0.0438. The van der Waals surface area contributed by atoms with Crippen LogP contribution < -0.4 is 10.2 Å². The smallest absolute Gasteiger partial charge is 0.244 e. The van der Waals surface area contributed by atoms with Gasteiger partial charge in [-0.05, 0) is 36.6 Å². The zero-order valence-electron chi connectivity index (χ0n) is 17.6. The summed E-state index contributed by atoms with van der Waals surface area (Å²) in [6, 6.07) is 14.2. The van der Waals surface area contributed by atoms with Crippen LogP contribution in [-0.2, 0) is 4.79 Å². The van der Waals surface area contributed by atoms with Gasteiger partial charge in [0.25, 0.3) is 0 Å². The van der Waals surface area contributed by atoms with E-state index in [2.05, 4.69) is 41.1 Å². The summed E-state index contributed by atoms with van der Waals surface area (Å²) in [6.07, 6.45) is 3.44. The first-order chi connectivity index (χ1) is 14.6. The molecule has 1 N–H and O–H groups in total. The number of fused-ring (bicyclic) bond motifs is 1. The SMILES string of the molecule is Cc1ccc(C)c2sc(N3CCN(CCNC(=O)/C=C/c4ccccc4)CC3)nc12. The van der Waals surface area contributed by atoms with Crippen LogP contribution in [0.4, 0.5) is 5.13 Å². The summed E-state index contributed by atoms with van der Waals surface area (Å²) >= 11 is 1.80. The van der Waals surface area contributed by atoms with Crippen LogP contribution in [0, 0.1) is 13.8 Å². The number of nitrogens with zero attached hydrogens (tertiary/aromatic N) is 3. The summed E-state index contributed by atoms with van der Waals surface area (Å²) in [5, 5.41) is 4.11. The van der Waals surface area contributed by atoms with E-state index in [0.29, 0.717) is 6.54 Å². The molecule has 0 bridgehead atoms. The number of rotatable bonds is 6. The maximum Gasteiger partial charge on any atom is 0.244 e. The summed E-state index contributed by atoms with van der Waals surface area (Å²) in [7, 11) is 0. The Bertz CT molecular complexity index is 997. The summed E-state index contributed by atoms with van der Waals surface area (Å²) < 4.78 is 1.30. The lowest BCUT2D eigenvalue weighted by Gasteiger charge is -2.34. The Morgan fingerprint density at radius 2 is 1.80 bits per heavy atom. The normalized spacial score (nSPS) is 15.2. The largest absolute Gasteiger partial charge is 0.351 e. The third-order valence-electron chi connectivity index (χ3n) is 5.53. The first kappa shape index (κ1) is 20.6. The fourth-order valence-corrected chi connectivity index (χ4v) is 4.84. The molecule has 1 aliphatic rings. The van der Waals surface area contributed by atoms with Crippen molar-refractivity contribution in [3.8, 4) is 0 Å². The number of thiazole rings is 1. The Balaban J connectivity index is 1.23. The third-order valence-corrected chi connectivity index (χ3v) is 6.78. The lowest BCUT2D eigenvalue weighted by Crippen LogP contribution is -2.48. The first-order valence-corrected chi connectivity index (χ1v) is 11.3. The van der Waals surface area contributed by atoms with E-state index in [4.69, 9.17) is 4.98 Å². The minimum Gasteiger partial charge on any atom is -0.351 e. The van der Waals surface area contributed by atoms with Gasteiger partial charge in [-0.1, -0.05) is 53.8 Å². The molecule has 1 amide bonds. The van der Waals surface area contributed by atoms with E-state index in [1.54, 1.807) is 17.4 Å². The standard InChI is InChI=1S/C24H28N4OS/c1-18-8-9-19(2)23-22(18)26-24(30-23)28-16-14-27(15-17-28)13-12-25-21(29)11-10-20-6-4-3-5-7-20/h3-11H,12-17H2,1-2H3,(H,25,29)/b11-10+. The van der Waals surface area contributed by atoms with E-state index in [0.717, 1.165) is 48.9 Å². The molecule has 0 radical (unpaired) electrons. The van der Waals surface area contributed by atoms with Crippen LogP contribution >= 0.6 is 11.3 Å². The number of nitrogens with one attached hydrogen (secondary N) is 1. The maximum absolute atomic E-state index is 12.0. The number of carbonyl (C=O) groups excluding carboxylic acids is 1. The van der Waals surface area contributed by atoms with E-state index in [1.165, 1.54) is 15.8 Å². The van der Waals surface area contributed by atoms with Gasteiger partial charge in [0.05, 0.1) is 10.2 Å². The maximum atomic E-state index is 12.0. The number of hydrogen-bond acceptors (Lipinski definition) is 5. The molecule has 5 nitrogen and oxygen atoms in total. The zero-order chi connectivity index (χ0) is 20.9. The highest BCUT2D eigenvalue weighted by Gasteiger charge is 2.20. The predicted octanol–water partition coefficient (Wildman–Crippen LogP) is 3.86. The van der Waals surface area contributed by atoms with Crippen LogP contribution in [0.2, 0.25) is 0 Å². The molecule has 1 aliphatic heterocycles. The minimum atomic E-state index is -0.0438. The number of amides is 1. The number of hydrogen-bond donors (Lipinski definition) is 1. The van der Waals surface area contributed by atoms with Crippen molar-refractivity contribution in [1.82, 2.24) is 15.2 Å². The van der Waals surface area contributed by atoms with Crippen LogP contribution in [0.3, 0.4) is 0 Å². The second-order valence-corrected chi connectivity index (χ2v) is 8.71. The van der Waals surface area contributed by atoms with Crippen molar-refractivity contribution < 1.29 is 4.79 Å². The fourth-order valence-electron chi connectivity index (χ4n) is 3.68. The van der Waals surface area contributed by atoms with Gasteiger partial charge in [0.15, 0.2) is 5.13 Å². The summed E-state index contributed by atoms with van der Waals surface area (Å²) in [4.78, 5) is 21.7. The van der Waals surface area contributed by atoms with Crippen molar-refractivity contribution in [2.75, 3.05) is 44.2 Å². The monoisotopic (exact) mass is 420 g/mol. The molecular weight excluding hydrogens is 392 g/mol. The quantitative estimate of drug-likeness (QED) is 0.615. The molecule has 1 fully saturated rings. The molecule has 0 atom stereocenters. The molecule has 0 spiro atoms. The molecule has 0 aliphatic carbocycles. The molecule has 1 aromatic heterocycles. The summed E-state index contributed by atoms with van der Waals surface area (Å²) in [6.45, 7) is 9.75. The molecule has 3 aromatic rings. The van der Waals surface area contributed by atoms with Gasteiger partial charge in [-0.3, -0.25) is 9.69 Å². The highest BCUT2D eigenvalue weighted by atomic mass is 32.1. The molecule has 156 valence electrons. The molecular formula is C24H28N4OS. The Hall–Kier alpha value is -2.70. The Kier molecular flexibility index (Phi) is 6.45. The number of piperazine rings is 1. The van der Waals surface area contributed by atoms with Gasteiger partial charge < -0.3 is 10.2 Å². The van der Waals surface area contributed by atoms with Gasteiger partial charge in [-0.25, -0.2) is 4.98 Å². The van der Waals surface area contributed by atoms with Crippen LogP contribution in [0.1, 0.15) is 16.7 Å². The van der Waals surface area contributed by atoms with Crippen LogP contribution in [0.25, 0.3) is 16.3 Å². The second-order valence-electron chi connectivity index (χ2n) is 7.74. The van der Waals surface area contributed by atoms with Crippen molar-refractivity contribution in [2.24, 2.45) is 0 Å². The average Bonchev–Trinajstić information content (AvgIpc) is 3.23. The van der Waals surface area contributed by atoms with Crippen LogP contribution in [-0.4, -0.2) is 55.1 Å². The number of aryl methyl sites for hydroxylation is 2. The Labute approximate surface area is 182 Å². The average molecular weight is 421 g/mol. The third kappa shape index (κ3) is 4.89. The van der Waals surface area contributed by atoms with E-state index >= 15 is 0 Å². The van der Waals surface area contributed by atoms with Crippen molar-refractivity contribution in [3.05, 3.63) is 65.2 Å². The topological polar surface area (TPSA) is 48.5 Å². The van der Waals surface area contributed by atoms with E-state index in [1.807, 2.05) is 36.4 Å². The van der Waals surface area contributed by atoms with E-state index < -0.39 is 0 Å². The molecule has 1 saturated heterocycles. The van der Waals surface area contributed by atoms with Gasteiger partial charge in [-0.15, -0.1) is 0 Å². The van der Waals surface area contributed by atoms with Crippen LogP contribution in [0.5, 0.6) is 0 Å². The lowest BCUT2D eigenvalue weighted by molar-refractivity contribution is -0.116. The van der Waals surface area contributed by atoms with Gasteiger partial charge in [0.2, 0.25) is 5.91 Å². The van der Waals surface area contributed by atoms with Crippen molar-refractivity contribution in [1.29, 1.82) is 0 Å². The molecule has 30 heavy (non-hydrogen) atoms. The molecule has 2 heterocycles. The highest BCUT2D eigenvalue weighted by molar-refractivity contribution is 7.22. The molecule has 4 rings (SSSR count). The van der Waals surface area contributed by atoms with Gasteiger partial charge in [0, 0.05) is 45.3 Å². The zero-order valence-corrected chi connectivity index (χ0v) is 18.4. The van der Waals surface area contributed by atoms with Gasteiger partial charge in [-0.2, -0.15) is 0 Å². The van der Waals surface area contributed by atoms with Crippen molar-refractivity contribution >= 4 is 38.7 Å². The van der Waals surface area contributed by atoms with Crippen molar-refractivity contribution in [2.45, 2.75) is 13.8 Å². The first-order valence-electron chi connectivity index (χ1n) is 10.4. The van der Waals surface area contributed by atoms with E-state index in [9.17, 15) is 4.79 Å². The number of aromatic nitrogens is 1. The van der Waals surface area contributed by atoms with Gasteiger partial charge in [0.1, 0.15) is 0 Å². The lowest BCUT2D eigenvalue weighted by atomic mass is 10.1. The Morgan fingerprint density at radius 3 is 2.53 bits per heavy atom. The van der Waals surface area contributed by atoms with Gasteiger partial charge >= 0.3 is 0 Å². The minimum absolute atomic E-state index is 0.0438. The fraction of sp³-hybridized carbons (Fsp3) is 0.333.